The minimum Gasteiger partial charge on any atom is -0.469 e. The molecule has 0 saturated heterocycles. The number of carbonyl (C=O) groups excluding carboxylic acids is 1. The highest BCUT2D eigenvalue weighted by Gasteiger charge is 2.32. The maximum absolute atomic E-state index is 12.1. The Morgan fingerprint density at radius 3 is 2.59 bits per heavy atom. The summed E-state index contributed by atoms with van der Waals surface area (Å²) in [5.74, 6) is -0.841. The number of alkyl halides is 3. The molecule has 1 aromatic rings. The summed E-state index contributed by atoms with van der Waals surface area (Å²) in [7, 11) is 1.21. The zero-order valence-electron chi connectivity index (χ0n) is 8.68. The van der Waals surface area contributed by atoms with E-state index in [0.717, 1.165) is 0 Å². The molecule has 0 fully saturated rings. The lowest BCUT2D eigenvalue weighted by molar-refractivity contribution is -0.275. The van der Waals surface area contributed by atoms with Gasteiger partial charge in [0.25, 0.3) is 0 Å². The van der Waals surface area contributed by atoms with E-state index in [4.69, 9.17) is 0 Å². The van der Waals surface area contributed by atoms with Crippen molar-refractivity contribution in [2.45, 2.75) is 12.8 Å². The Labute approximate surface area is 109 Å². The van der Waals surface area contributed by atoms with Crippen LogP contribution in [0.15, 0.2) is 18.2 Å². The highest BCUT2D eigenvalue weighted by molar-refractivity contribution is 14.1. The summed E-state index contributed by atoms with van der Waals surface area (Å²) < 4.78 is 44.7. The van der Waals surface area contributed by atoms with E-state index in [1.54, 1.807) is 28.7 Å². The number of hydrogen-bond acceptors (Lipinski definition) is 3. The second kappa shape index (κ2) is 5.56. The lowest BCUT2D eigenvalue weighted by Gasteiger charge is -2.12. The molecule has 0 heterocycles. The molecule has 7 heteroatoms. The molecule has 0 N–H and O–H groups in total. The van der Waals surface area contributed by atoms with Gasteiger partial charge in [-0.1, -0.05) is 12.1 Å². The van der Waals surface area contributed by atoms with Crippen LogP contribution in [0.5, 0.6) is 5.75 Å². The van der Waals surface area contributed by atoms with Crippen molar-refractivity contribution in [3.05, 3.63) is 27.3 Å². The van der Waals surface area contributed by atoms with E-state index in [1.165, 1.54) is 19.2 Å². The molecule has 0 spiro atoms. The monoisotopic (exact) mass is 360 g/mol. The van der Waals surface area contributed by atoms with Gasteiger partial charge in [0, 0.05) is 0 Å². The fraction of sp³-hybridized carbons (Fsp3) is 0.300. The van der Waals surface area contributed by atoms with E-state index in [9.17, 15) is 18.0 Å². The fourth-order valence-corrected chi connectivity index (χ4v) is 1.78. The van der Waals surface area contributed by atoms with Crippen molar-refractivity contribution in [3.63, 3.8) is 0 Å². The Hall–Kier alpha value is -0.990. The van der Waals surface area contributed by atoms with Crippen LogP contribution in [0, 0.1) is 3.57 Å². The molecule has 0 aliphatic rings. The molecular weight excluding hydrogens is 352 g/mol. The van der Waals surface area contributed by atoms with Gasteiger partial charge in [-0.2, -0.15) is 0 Å². The van der Waals surface area contributed by atoms with Crippen LogP contribution in [0.25, 0.3) is 0 Å². The van der Waals surface area contributed by atoms with Gasteiger partial charge in [0.15, 0.2) is 0 Å². The predicted molar refractivity (Wildman–Crippen MR) is 61.6 cm³/mol. The van der Waals surface area contributed by atoms with Crippen molar-refractivity contribution in [3.8, 4) is 5.75 Å². The summed E-state index contributed by atoms with van der Waals surface area (Å²) in [6.07, 6.45) is -4.84. The smallest absolute Gasteiger partial charge is 0.469 e. The first-order valence-electron chi connectivity index (χ1n) is 4.43. The van der Waals surface area contributed by atoms with Crippen molar-refractivity contribution < 1.29 is 27.4 Å². The van der Waals surface area contributed by atoms with Crippen LogP contribution in [0.3, 0.4) is 0 Å². The van der Waals surface area contributed by atoms with E-state index in [0.29, 0.717) is 5.56 Å². The van der Waals surface area contributed by atoms with Gasteiger partial charge in [-0.15, -0.1) is 13.2 Å². The first kappa shape index (κ1) is 14.1. The SMILES string of the molecule is COC(=O)Cc1cccc(OC(F)(F)F)c1I. The highest BCUT2D eigenvalue weighted by atomic mass is 127. The molecule has 0 atom stereocenters. The predicted octanol–water partition coefficient (Wildman–Crippen LogP) is 2.91. The summed E-state index contributed by atoms with van der Waals surface area (Å²) in [5, 5.41) is 0. The Kier molecular flexibility index (Phi) is 4.61. The molecule has 0 aliphatic heterocycles. The molecule has 0 aliphatic carbocycles. The molecule has 0 unspecified atom stereocenters. The molecule has 3 nitrogen and oxygen atoms in total. The summed E-state index contributed by atoms with van der Waals surface area (Å²) in [6, 6.07) is 4.12. The maximum Gasteiger partial charge on any atom is 0.573 e. The molecular formula is C10H8F3IO3. The van der Waals surface area contributed by atoms with Gasteiger partial charge in [-0.3, -0.25) is 4.79 Å². The standard InChI is InChI=1S/C10H8F3IO3/c1-16-8(15)5-6-3-2-4-7(9(6)14)17-10(11,12)13/h2-4H,5H2,1H3. The molecule has 0 bridgehead atoms. The van der Waals surface area contributed by atoms with E-state index in [2.05, 4.69) is 9.47 Å². The quantitative estimate of drug-likeness (QED) is 0.614. The van der Waals surface area contributed by atoms with E-state index >= 15 is 0 Å². The lowest BCUT2D eigenvalue weighted by atomic mass is 10.1. The number of benzene rings is 1. The molecule has 1 aromatic carbocycles. The largest absolute Gasteiger partial charge is 0.573 e. The van der Waals surface area contributed by atoms with Gasteiger partial charge in [0.1, 0.15) is 5.75 Å². The van der Waals surface area contributed by atoms with Gasteiger partial charge in [0.2, 0.25) is 0 Å². The van der Waals surface area contributed by atoms with Gasteiger partial charge in [-0.05, 0) is 34.2 Å². The van der Waals surface area contributed by atoms with Crippen LogP contribution in [0.4, 0.5) is 13.2 Å². The van der Waals surface area contributed by atoms with Crippen molar-refractivity contribution in [1.82, 2.24) is 0 Å². The second-order valence-electron chi connectivity index (χ2n) is 3.03. The number of carbonyl (C=O) groups is 1. The van der Waals surface area contributed by atoms with Crippen LogP contribution in [0.1, 0.15) is 5.56 Å². The molecule has 0 aromatic heterocycles. The summed E-state index contributed by atoms with van der Waals surface area (Å²) >= 11 is 1.70. The summed E-state index contributed by atoms with van der Waals surface area (Å²) in [6.45, 7) is 0. The molecule has 94 valence electrons. The number of hydrogen-bond donors (Lipinski definition) is 0. The van der Waals surface area contributed by atoms with Crippen LogP contribution in [-0.2, 0) is 16.0 Å². The summed E-state index contributed by atoms with van der Waals surface area (Å²) in [5.41, 5.74) is 0.430. The van der Waals surface area contributed by atoms with Gasteiger partial charge in [0.05, 0.1) is 17.1 Å². The Morgan fingerprint density at radius 2 is 2.06 bits per heavy atom. The average Bonchev–Trinajstić information content (AvgIpc) is 2.22. The molecule has 0 radical (unpaired) electrons. The molecule has 1 rings (SSSR count). The van der Waals surface area contributed by atoms with Crippen molar-refractivity contribution in [1.29, 1.82) is 0 Å². The zero-order chi connectivity index (χ0) is 13.1. The third kappa shape index (κ3) is 4.41. The minimum atomic E-state index is -4.75. The lowest BCUT2D eigenvalue weighted by Crippen LogP contribution is -2.18. The van der Waals surface area contributed by atoms with Crippen LogP contribution < -0.4 is 4.74 Å². The number of halogens is 4. The first-order chi connectivity index (χ1) is 7.83. The molecule has 0 amide bonds. The molecule has 0 saturated carbocycles. The topological polar surface area (TPSA) is 35.5 Å². The van der Waals surface area contributed by atoms with Crippen molar-refractivity contribution in [2.24, 2.45) is 0 Å². The number of esters is 1. The highest BCUT2D eigenvalue weighted by Crippen LogP contribution is 2.30. The first-order valence-corrected chi connectivity index (χ1v) is 5.51. The number of ether oxygens (including phenoxy) is 2. The fourth-order valence-electron chi connectivity index (χ4n) is 1.12. The van der Waals surface area contributed by atoms with Gasteiger partial charge < -0.3 is 9.47 Å². The Balaban J connectivity index is 2.95. The number of methoxy groups -OCH3 is 1. The van der Waals surface area contributed by atoms with Crippen LogP contribution in [-0.4, -0.2) is 19.4 Å². The third-order valence-corrected chi connectivity index (χ3v) is 3.06. The Bertz CT molecular complexity index is 418. The Morgan fingerprint density at radius 1 is 1.41 bits per heavy atom. The van der Waals surface area contributed by atoms with Crippen LogP contribution in [0.2, 0.25) is 0 Å². The van der Waals surface area contributed by atoms with Gasteiger partial charge in [-0.25, -0.2) is 0 Å². The van der Waals surface area contributed by atoms with Gasteiger partial charge >= 0.3 is 12.3 Å². The summed E-state index contributed by atoms with van der Waals surface area (Å²) in [4.78, 5) is 11.0. The normalized spacial score (nSPS) is 11.1. The average molecular weight is 360 g/mol. The number of rotatable bonds is 3. The van der Waals surface area contributed by atoms with Crippen molar-refractivity contribution >= 4 is 28.6 Å². The second-order valence-corrected chi connectivity index (χ2v) is 4.11. The van der Waals surface area contributed by atoms with E-state index < -0.39 is 12.3 Å². The van der Waals surface area contributed by atoms with Crippen molar-refractivity contribution in [2.75, 3.05) is 7.11 Å². The maximum atomic E-state index is 12.1. The van der Waals surface area contributed by atoms with E-state index in [-0.39, 0.29) is 15.7 Å². The zero-order valence-corrected chi connectivity index (χ0v) is 10.8. The van der Waals surface area contributed by atoms with Crippen LogP contribution >= 0.6 is 22.6 Å². The molecule has 17 heavy (non-hydrogen) atoms. The third-order valence-electron chi connectivity index (χ3n) is 1.83. The minimum absolute atomic E-state index is 0.0934. The van der Waals surface area contributed by atoms with E-state index in [1.807, 2.05) is 0 Å².